The second-order valence-electron chi connectivity index (χ2n) is 6.45. The second-order valence-corrected chi connectivity index (χ2v) is 6.45. The van der Waals surface area contributed by atoms with Gasteiger partial charge in [0.25, 0.3) is 0 Å². The molecular weight excluding hydrogens is 267 g/mol. The molecule has 22 heavy (non-hydrogen) atoms. The SMILES string of the molecule is [B]Oc1c(C)cc(Cc2cc(C)c(C)c(C)c2C)c(C)c1C. The maximum absolute atomic E-state index is 5.40. The number of benzene rings is 2. The van der Waals surface area contributed by atoms with E-state index in [-0.39, 0.29) is 0 Å². The van der Waals surface area contributed by atoms with Gasteiger partial charge in [0.1, 0.15) is 5.75 Å². The summed E-state index contributed by atoms with van der Waals surface area (Å²) in [4.78, 5) is 0. The first-order valence-electron chi connectivity index (χ1n) is 7.80. The van der Waals surface area contributed by atoms with Crippen molar-refractivity contribution in [3.63, 3.8) is 0 Å². The Morgan fingerprint density at radius 3 is 1.73 bits per heavy atom. The van der Waals surface area contributed by atoms with E-state index in [0.717, 1.165) is 23.3 Å². The molecule has 0 heterocycles. The summed E-state index contributed by atoms with van der Waals surface area (Å²) >= 11 is 0. The average Bonchev–Trinajstić information content (AvgIpc) is 2.48. The van der Waals surface area contributed by atoms with Crippen molar-refractivity contribution in [3.8, 4) is 5.75 Å². The molecule has 2 heteroatoms. The highest BCUT2D eigenvalue weighted by molar-refractivity contribution is 6.00. The molecule has 2 aromatic rings. The van der Waals surface area contributed by atoms with Crippen LogP contribution in [0.3, 0.4) is 0 Å². The van der Waals surface area contributed by atoms with Gasteiger partial charge in [0.05, 0.1) is 0 Å². The molecule has 0 fully saturated rings. The van der Waals surface area contributed by atoms with Crippen molar-refractivity contribution in [1.29, 1.82) is 0 Å². The van der Waals surface area contributed by atoms with Crippen molar-refractivity contribution < 1.29 is 4.65 Å². The molecular formula is C20H25BO. The minimum Gasteiger partial charge on any atom is -0.567 e. The third-order valence-electron chi connectivity index (χ3n) is 5.22. The number of hydrogen-bond donors (Lipinski definition) is 0. The lowest BCUT2D eigenvalue weighted by Crippen LogP contribution is -2.03. The highest BCUT2D eigenvalue weighted by Crippen LogP contribution is 2.31. The van der Waals surface area contributed by atoms with Crippen LogP contribution in [0.5, 0.6) is 5.75 Å². The smallest absolute Gasteiger partial charge is 0.374 e. The molecule has 0 aliphatic rings. The van der Waals surface area contributed by atoms with Crippen LogP contribution in [0.2, 0.25) is 0 Å². The van der Waals surface area contributed by atoms with E-state index in [9.17, 15) is 0 Å². The lowest BCUT2D eigenvalue weighted by molar-refractivity contribution is 0.603. The quantitative estimate of drug-likeness (QED) is 0.731. The fourth-order valence-electron chi connectivity index (χ4n) is 3.19. The number of aryl methyl sites for hydroxylation is 2. The fraction of sp³-hybridized carbons (Fsp3) is 0.400. The van der Waals surface area contributed by atoms with Gasteiger partial charge in [-0.25, -0.2) is 0 Å². The van der Waals surface area contributed by atoms with E-state index in [4.69, 9.17) is 12.7 Å². The van der Waals surface area contributed by atoms with Gasteiger partial charge >= 0.3 is 8.05 Å². The van der Waals surface area contributed by atoms with E-state index < -0.39 is 0 Å². The van der Waals surface area contributed by atoms with Crippen LogP contribution in [0.4, 0.5) is 0 Å². The summed E-state index contributed by atoms with van der Waals surface area (Å²) in [6.45, 7) is 15.1. The first-order valence-corrected chi connectivity index (χ1v) is 7.80. The van der Waals surface area contributed by atoms with Gasteiger partial charge in [-0.1, -0.05) is 12.1 Å². The third-order valence-corrected chi connectivity index (χ3v) is 5.22. The van der Waals surface area contributed by atoms with Crippen molar-refractivity contribution in [2.75, 3.05) is 0 Å². The highest BCUT2D eigenvalue weighted by atomic mass is 16.4. The minimum absolute atomic E-state index is 0.800. The van der Waals surface area contributed by atoms with E-state index in [1.54, 1.807) is 0 Å². The average molecular weight is 292 g/mol. The van der Waals surface area contributed by atoms with Crippen molar-refractivity contribution in [3.05, 3.63) is 62.2 Å². The monoisotopic (exact) mass is 292 g/mol. The lowest BCUT2D eigenvalue weighted by atomic mass is 9.88. The molecule has 2 rings (SSSR count). The fourth-order valence-corrected chi connectivity index (χ4v) is 3.19. The molecule has 0 unspecified atom stereocenters. The van der Waals surface area contributed by atoms with Crippen LogP contribution >= 0.6 is 0 Å². The molecule has 0 aromatic heterocycles. The molecule has 0 aliphatic heterocycles. The Bertz CT molecular complexity index is 729. The molecule has 0 atom stereocenters. The van der Waals surface area contributed by atoms with Crippen LogP contribution in [0.25, 0.3) is 0 Å². The van der Waals surface area contributed by atoms with Gasteiger partial charge in [0.2, 0.25) is 0 Å². The Labute approximate surface area is 136 Å². The van der Waals surface area contributed by atoms with Crippen molar-refractivity contribution in [2.24, 2.45) is 0 Å². The summed E-state index contributed by atoms with van der Waals surface area (Å²) in [6.07, 6.45) is 0.951. The molecule has 2 radical (unpaired) electrons. The van der Waals surface area contributed by atoms with Crippen molar-refractivity contribution in [1.82, 2.24) is 0 Å². The summed E-state index contributed by atoms with van der Waals surface area (Å²) in [5, 5.41) is 0. The van der Waals surface area contributed by atoms with E-state index in [0.29, 0.717) is 0 Å². The van der Waals surface area contributed by atoms with Gasteiger partial charge in [0.15, 0.2) is 0 Å². The zero-order chi connectivity index (χ0) is 16.6. The maximum Gasteiger partial charge on any atom is 0.374 e. The van der Waals surface area contributed by atoms with Gasteiger partial charge in [-0.3, -0.25) is 0 Å². The predicted molar refractivity (Wildman–Crippen MR) is 95.2 cm³/mol. The zero-order valence-electron chi connectivity index (χ0n) is 14.8. The topological polar surface area (TPSA) is 9.23 Å². The Kier molecular flexibility index (Phi) is 4.70. The van der Waals surface area contributed by atoms with Crippen LogP contribution in [0.1, 0.15) is 50.1 Å². The molecule has 0 N–H and O–H groups in total. The predicted octanol–water partition coefficient (Wildman–Crippen LogP) is 4.90. The number of hydrogen-bond acceptors (Lipinski definition) is 1. The first kappa shape index (κ1) is 16.7. The second kappa shape index (κ2) is 6.20. The first-order chi connectivity index (χ1) is 10.3. The van der Waals surface area contributed by atoms with E-state index in [1.807, 2.05) is 0 Å². The van der Waals surface area contributed by atoms with Gasteiger partial charge in [-0.2, -0.15) is 0 Å². The summed E-state index contributed by atoms with van der Waals surface area (Å²) in [6, 6.07) is 4.53. The minimum atomic E-state index is 0.800. The van der Waals surface area contributed by atoms with Crippen LogP contribution in [0, 0.1) is 48.5 Å². The van der Waals surface area contributed by atoms with Crippen LogP contribution in [0.15, 0.2) is 12.1 Å². The molecule has 0 bridgehead atoms. The molecule has 1 nitrogen and oxygen atoms in total. The molecule has 0 spiro atoms. The Balaban J connectivity index is 2.53. The van der Waals surface area contributed by atoms with Crippen LogP contribution in [-0.4, -0.2) is 8.05 Å². The molecule has 114 valence electrons. The molecule has 0 amide bonds. The van der Waals surface area contributed by atoms with Crippen LogP contribution in [-0.2, 0) is 6.42 Å². The summed E-state index contributed by atoms with van der Waals surface area (Å²) < 4.78 is 5.04. The van der Waals surface area contributed by atoms with E-state index in [1.165, 1.54) is 38.9 Å². The van der Waals surface area contributed by atoms with Crippen molar-refractivity contribution >= 4 is 8.05 Å². The van der Waals surface area contributed by atoms with Crippen LogP contribution < -0.4 is 4.65 Å². The molecule has 2 aromatic carbocycles. The Morgan fingerprint density at radius 2 is 1.18 bits per heavy atom. The third kappa shape index (κ3) is 2.79. The molecule has 0 aliphatic carbocycles. The van der Waals surface area contributed by atoms with Gasteiger partial charge < -0.3 is 4.65 Å². The molecule has 0 saturated heterocycles. The summed E-state index contributed by atoms with van der Waals surface area (Å²) in [5.74, 6) is 0.800. The normalized spacial score (nSPS) is 10.9. The largest absolute Gasteiger partial charge is 0.567 e. The lowest BCUT2D eigenvalue weighted by Gasteiger charge is -2.19. The van der Waals surface area contributed by atoms with Crippen molar-refractivity contribution in [2.45, 2.75) is 54.9 Å². The standard InChI is InChI=1S/C20H25BO/c1-11-8-18(15(5)14(4)13(11)3)10-19-9-12(2)20(22-21)17(7)16(19)6/h8-9H,10H2,1-7H3. The Morgan fingerprint density at radius 1 is 0.682 bits per heavy atom. The maximum atomic E-state index is 5.40. The van der Waals surface area contributed by atoms with Gasteiger partial charge in [0, 0.05) is 0 Å². The number of rotatable bonds is 3. The van der Waals surface area contributed by atoms with Gasteiger partial charge in [-0.05, 0) is 105 Å². The van der Waals surface area contributed by atoms with Gasteiger partial charge in [-0.15, -0.1) is 0 Å². The summed E-state index contributed by atoms with van der Waals surface area (Å²) in [7, 11) is 5.40. The summed E-state index contributed by atoms with van der Waals surface area (Å²) in [5.41, 5.74) is 11.8. The Hall–Kier alpha value is -1.70. The molecule has 0 saturated carbocycles. The highest BCUT2D eigenvalue weighted by Gasteiger charge is 2.13. The van der Waals surface area contributed by atoms with E-state index >= 15 is 0 Å². The van der Waals surface area contributed by atoms with E-state index in [2.05, 4.69) is 60.6 Å². The zero-order valence-corrected chi connectivity index (χ0v) is 14.8.